The highest BCUT2D eigenvalue weighted by atomic mass is 32.2. The Balaban J connectivity index is 1.67. The van der Waals surface area contributed by atoms with Gasteiger partial charge in [0.2, 0.25) is 15.9 Å². The van der Waals surface area contributed by atoms with Crippen LogP contribution in [0.4, 0.5) is 10.1 Å². The third-order valence-electron chi connectivity index (χ3n) is 4.91. The van der Waals surface area contributed by atoms with E-state index >= 15 is 0 Å². The quantitative estimate of drug-likeness (QED) is 0.448. The zero-order chi connectivity index (χ0) is 22.6. The van der Waals surface area contributed by atoms with E-state index in [1.807, 2.05) is 6.07 Å². The average Bonchev–Trinajstić information content (AvgIpc) is 2.80. The maximum atomic E-state index is 14.1. The van der Waals surface area contributed by atoms with Gasteiger partial charge < -0.3 is 5.32 Å². The van der Waals surface area contributed by atoms with E-state index in [4.69, 9.17) is 0 Å². The lowest BCUT2D eigenvalue weighted by molar-refractivity contribution is -0.117. The number of fused-ring (bicyclic) bond motifs is 1. The number of sulfonamides is 1. The first-order chi connectivity index (χ1) is 15.4. The van der Waals surface area contributed by atoms with Crippen LogP contribution in [0.5, 0.6) is 0 Å². The number of halogens is 1. The zero-order valence-corrected chi connectivity index (χ0v) is 17.7. The first kappa shape index (κ1) is 21.6. The highest BCUT2D eigenvalue weighted by Crippen LogP contribution is 2.21. The topological polar surface area (TPSA) is 88.2 Å². The lowest BCUT2D eigenvalue weighted by Crippen LogP contribution is -2.45. The van der Waals surface area contributed by atoms with Crippen LogP contribution >= 0.6 is 0 Å². The van der Waals surface area contributed by atoms with Gasteiger partial charge in [-0.2, -0.15) is 4.72 Å². The second-order valence-electron chi connectivity index (χ2n) is 7.16. The number of nitrogens with zero attached hydrogens (tertiary/aromatic N) is 1. The van der Waals surface area contributed by atoms with Crippen LogP contribution in [0.15, 0.2) is 96.0 Å². The molecule has 2 N–H and O–H groups in total. The molecule has 1 unspecified atom stereocenters. The van der Waals surface area contributed by atoms with E-state index in [9.17, 15) is 17.6 Å². The van der Waals surface area contributed by atoms with Gasteiger partial charge in [0.25, 0.3) is 0 Å². The van der Waals surface area contributed by atoms with Crippen molar-refractivity contribution in [3.05, 3.63) is 103 Å². The molecule has 4 rings (SSSR count). The number of benzene rings is 3. The molecule has 0 spiro atoms. The smallest absolute Gasteiger partial charge is 0.243 e. The van der Waals surface area contributed by atoms with Crippen molar-refractivity contribution >= 4 is 32.5 Å². The van der Waals surface area contributed by atoms with Crippen LogP contribution in [0.25, 0.3) is 10.9 Å². The van der Waals surface area contributed by atoms with Crippen molar-refractivity contribution in [1.82, 2.24) is 9.71 Å². The molecular weight excluding hydrogens is 429 g/mol. The van der Waals surface area contributed by atoms with E-state index in [2.05, 4.69) is 15.0 Å². The van der Waals surface area contributed by atoms with Gasteiger partial charge >= 0.3 is 0 Å². The second kappa shape index (κ2) is 9.25. The van der Waals surface area contributed by atoms with Gasteiger partial charge in [-0.1, -0.05) is 60.7 Å². The molecule has 0 aliphatic carbocycles. The minimum atomic E-state index is -4.12. The predicted octanol–water partition coefficient (Wildman–Crippen LogP) is 3.90. The number of carbonyl (C=O) groups is 1. The SMILES string of the molecule is O=C(Nc1ccccc1F)C(Cc1ccccc1)NS(=O)(=O)c1cccc2cccnc12. The summed E-state index contributed by atoms with van der Waals surface area (Å²) in [5.74, 6) is -1.28. The van der Waals surface area contributed by atoms with E-state index in [1.54, 1.807) is 54.6 Å². The van der Waals surface area contributed by atoms with Crippen LogP contribution in [0.1, 0.15) is 5.56 Å². The van der Waals surface area contributed by atoms with Crippen LogP contribution in [-0.2, 0) is 21.2 Å². The number of amides is 1. The van der Waals surface area contributed by atoms with E-state index in [1.165, 1.54) is 30.5 Å². The van der Waals surface area contributed by atoms with Gasteiger partial charge in [-0.15, -0.1) is 0 Å². The van der Waals surface area contributed by atoms with Crippen molar-refractivity contribution < 1.29 is 17.6 Å². The summed E-state index contributed by atoms with van der Waals surface area (Å²) in [5.41, 5.74) is 1.02. The molecule has 0 bridgehead atoms. The predicted molar refractivity (Wildman–Crippen MR) is 121 cm³/mol. The summed E-state index contributed by atoms with van der Waals surface area (Å²) in [4.78, 5) is 17.2. The van der Waals surface area contributed by atoms with Crippen LogP contribution in [0, 0.1) is 5.82 Å². The fraction of sp³-hybridized carbons (Fsp3) is 0.0833. The number of pyridine rings is 1. The van der Waals surface area contributed by atoms with Gasteiger partial charge in [0.1, 0.15) is 16.8 Å². The number of anilines is 1. The Morgan fingerprint density at radius 3 is 2.41 bits per heavy atom. The molecule has 1 aromatic heterocycles. The van der Waals surface area contributed by atoms with Gasteiger partial charge in [-0.05, 0) is 36.2 Å². The number of para-hydroxylation sites is 2. The normalized spacial score (nSPS) is 12.4. The van der Waals surface area contributed by atoms with Gasteiger partial charge in [-0.3, -0.25) is 9.78 Å². The molecule has 1 amide bonds. The summed E-state index contributed by atoms with van der Waals surface area (Å²) in [5, 5.41) is 3.14. The van der Waals surface area contributed by atoms with Crippen LogP contribution in [0.2, 0.25) is 0 Å². The van der Waals surface area contributed by atoms with Crippen molar-refractivity contribution in [2.75, 3.05) is 5.32 Å². The Hall–Kier alpha value is -3.62. The number of hydrogen-bond acceptors (Lipinski definition) is 4. The van der Waals surface area contributed by atoms with Gasteiger partial charge in [0.05, 0.1) is 11.2 Å². The van der Waals surface area contributed by atoms with Crippen molar-refractivity contribution in [1.29, 1.82) is 0 Å². The lowest BCUT2D eigenvalue weighted by Gasteiger charge is -2.19. The highest BCUT2D eigenvalue weighted by molar-refractivity contribution is 7.89. The first-order valence-corrected chi connectivity index (χ1v) is 11.4. The minimum absolute atomic E-state index is 0.0263. The standard InChI is InChI=1S/C24H20FN3O3S/c25-19-12-4-5-13-20(19)27-24(29)21(16-17-8-2-1-3-9-17)28-32(30,31)22-14-6-10-18-11-7-15-26-23(18)22/h1-15,21,28H,16H2,(H,27,29). The molecule has 6 nitrogen and oxygen atoms in total. The number of hydrogen-bond donors (Lipinski definition) is 2. The molecule has 0 saturated carbocycles. The summed E-state index contributed by atoms with van der Waals surface area (Å²) < 4.78 is 43.1. The van der Waals surface area contributed by atoms with Crippen molar-refractivity contribution in [2.45, 2.75) is 17.4 Å². The molecule has 4 aromatic rings. The maximum Gasteiger partial charge on any atom is 0.243 e. The Kier molecular flexibility index (Phi) is 6.25. The fourth-order valence-electron chi connectivity index (χ4n) is 3.36. The van der Waals surface area contributed by atoms with E-state index < -0.39 is 27.8 Å². The Morgan fingerprint density at radius 1 is 0.906 bits per heavy atom. The van der Waals surface area contributed by atoms with Crippen molar-refractivity contribution in [3.63, 3.8) is 0 Å². The third kappa shape index (κ3) is 4.82. The summed E-state index contributed by atoms with van der Waals surface area (Å²) >= 11 is 0. The van der Waals surface area contributed by atoms with Crippen molar-refractivity contribution in [3.8, 4) is 0 Å². The number of carbonyl (C=O) groups excluding carboxylic acids is 1. The monoisotopic (exact) mass is 449 g/mol. The maximum absolute atomic E-state index is 14.1. The molecule has 1 atom stereocenters. The zero-order valence-electron chi connectivity index (χ0n) is 16.9. The molecule has 0 saturated heterocycles. The average molecular weight is 450 g/mol. The summed E-state index contributed by atoms with van der Waals surface area (Å²) in [6, 6.07) is 21.8. The van der Waals surface area contributed by atoms with E-state index in [0.717, 1.165) is 5.56 Å². The molecular formula is C24H20FN3O3S. The number of rotatable bonds is 7. The van der Waals surface area contributed by atoms with Gasteiger partial charge in [-0.25, -0.2) is 12.8 Å². The van der Waals surface area contributed by atoms with Crippen LogP contribution in [-0.4, -0.2) is 25.4 Å². The Bertz CT molecular complexity index is 1360. The van der Waals surface area contributed by atoms with Crippen LogP contribution in [0.3, 0.4) is 0 Å². The fourth-order valence-corrected chi connectivity index (χ4v) is 4.74. The van der Waals surface area contributed by atoms with E-state index in [0.29, 0.717) is 10.9 Å². The molecule has 32 heavy (non-hydrogen) atoms. The molecule has 0 fully saturated rings. The van der Waals surface area contributed by atoms with Gasteiger partial charge in [0, 0.05) is 11.6 Å². The Labute approximate surface area is 185 Å². The Morgan fingerprint density at radius 2 is 1.62 bits per heavy atom. The van der Waals surface area contributed by atoms with Gasteiger partial charge in [0.15, 0.2) is 0 Å². The molecule has 3 aromatic carbocycles. The molecule has 0 radical (unpaired) electrons. The molecule has 0 aliphatic rings. The number of nitrogens with one attached hydrogen (secondary N) is 2. The lowest BCUT2D eigenvalue weighted by atomic mass is 10.1. The first-order valence-electron chi connectivity index (χ1n) is 9.89. The largest absolute Gasteiger partial charge is 0.322 e. The molecule has 0 aliphatic heterocycles. The molecule has 1 heterocycles. The second-order valence-corrected chi connectivity index (χ2v) is 8.85. The molecule has 8 heteroatoms. The number of aromatic nitrogens is 1. The summed E-state index contributed by atoms with van der Waals surface area (Å²) in [6.45, 7) is 0. The van der Waals surface area contributed by atoms with Crippen molar-refractivity contribution in [2.24, 2.45) is 0 Å². The summed E-state index contributed by atoms with van der Waals surface area (Å²) in [7, 11) is -4.12. The highest BCUT2D eigenvalue weighted by Gasteiger charge is 2.28. The third-order valence-corrected chi connectivity index (χ3v) is 6.42. The molecule has 162 valence electrons. The minimum Gasteiger partial charge on any atom is -0.322 e. The summed E-state index contributed by atoms with van der Waals surface area (Å²) in [6.07, 6.45) is 1.59. The van der Waals surface area contributed by atoms with E-state index in [-0.39, 0.29) is 17.0 Å². The van der Waals surface area contributed by atoms with Crippen LogP contribution < -0.4 is 10.0 Å².